The number of ether oxygens (including phenoxy) is 1. The molecule has 1 aliphatic rings. The standard InChI is InChI=1S/C14H20N2O3/c1-19-9-10(6-7-17)16-14(18)12-8-15-13-5-3-2-4-11(12)13/h2-5,10,12,15,17H,6-9H2,1H3,(H,16,18). The van der Waals surface area contributed by atoms with Gasteiger partial charge < -0.3 is 20.5 Å². The van der Waals surface area contributed by atoms with Gasteiger partial charge in [0.05, 0.1) is 18.6 Å². The molecule has 2 atom stereocenters. The number of carbonyl (C=O) groups is 1. The van der Waals surface area contributed by atoms with E-state index in [2.05, 4.69) is 10.6 Å². The fraction of sp³-hybridized carbons (Fsp3) is 0.500. The monoisotopic (exact) mass is 264 g/mol. The van der Waals surface area contributed by atoms with E-state index in [4.69, 9.17) is 9.84 Å². The van der Waals surface area contributed by atoms with E-state index in [-0.39, 0.29) is 24.5 Å². The lowest BCUT2D eigenvalue weighted by Gasteiger charge is -2.19. The quantitative estimate of drug-likeness (QED) is 0.707. The summed E-state index contributed by atoms with van der Waals surface area (Å²) in [5, 5.41) is 15.1. The molecule has 0 bridgehead atoms. The highest BCUT2D eigenvalue weighted by molar-refractivity contribution is 5.88. The number of para-hydroxylation sites is 1. The van der Waals surface area contributed by atoms with E-state index in [0.717, 1.165) is 11.3 Å². The Balaban J connectivity index is 2.01. The third kappa shape index (κ3) is 3.24. The number of fused-ring (bicyclic) bond motifs is 1. The van der Waals surface area contributed by atoms with Crippen molar-refractivity contribution in [3.05, 3.63) is 29.8 Å². The summed E-state index contributed by atoms with van der Waals surface area (Å²) in [7, 11) is 1.59. The van der Waals surface area contributed by atoms with Gasteiger partial charge in [-0.15, -0.1) is 0 Å². The first-order valence-electron chi connectivity index (χ1n) is 6.49. The second kappa shape index (κ2) is 6.54. The molecule has 0 spiro atoms. The molecule has 1 aromatic rings. The molecular formula is C14H20N2O3. The zero-order valence-electron chi connectivity index (χ0n) is 11.1. The smallest absolute Gasteiger partial charge is 0.229 e. The summed E-state index contributed by atoms with van der Waals surface area (Å²) in [4.78, 5) is 12.3. The Hall–Kier alpha value is -1.59. The van der Waals surface area contributed by atoms with Crippen LogP contribution >= 0.6 is 0 Å². The van der Waals surface area contributed by atoms with Crippen molar-refractivity contribution in [1.82, 2.24) is 5.32 Å². The maximum Gasteiger partial charge on any atom is 0.229 e. The number of nitrogens with one attached hydrogen (secondary N) is 2. The molecular weight excluding hydrogens is 244 g/mol. The van der Waals surface area contributed by atoms with Gasteiger partial charge in [0.1, 0.15) is 0 Å². The maximum atomic E-state index is 12.3. The van der Waals surface area contributed by atoms with Crippen LogP contribution in [-0.2, 0) is 9.53 Å². The zero-order valence-corrected chi connectivity index (χ0v) is 11.1. The zero-order chi connectivity index (χ0) is 13.7. The van der Waals surface area contributed by atoms with Crippen LogP contribution in [0.25, 0.3) is 0 Å². The van der Waals surface area contributed by atoms with Crippen molar-refractivity contribution in [2.24, 2.45) is 0 Å². The van der Waals surface area contributed by atoms with E-state index >= 15 is 0 Å². The molecule has 3 N–H and O–H groups in total. The van der Waals surface area contributed by atoms with E-state index in [1.807, 2.05) is 24.3 Å². The molecule has 0 aliphatic carbocycles. The molecule has 5 nitrogen and oxygen atoms in total. The number of methoxy groups -OCH3 is 1. The van der Waals surface area contributed by atoms with Gasteiger partial charge in [-0.25, -0.2) is 0 Å². The summed E-state index contributed by atoms with van der Waals surface area (Å²) in [5.41, 5.74) is 2.05. The van der Waals surface area contributed by atoms with Gasteiger partial charge in [-0.3, -0.25) is 4.79 Å². The minimum atomic E-state index is -0.172. The van der Waals surface area contributed by atoms with Crippen LogP contribution in [-0.4, -0.2) is 43.9 Å². The number of rotatable bonds is 6. The third-order valence-corrected chi connectivity index (χ3v) is 3.34. The van der Waals surface area contributed by atoms with E-state index < -0.39 is 0 Å². The number of benzene rings is 1. The molecule has 0 radical (unpaired) electrons. The van der Waals surface area contributed by atoms with Gasteiger partial charge in [0.25, 0.3) is 0 Å². The molecule has 0 fully saturated rings. The Morgan fingerprint density at radius 3 is 3.11 bits per heavy atom. The molecule has 0 aromatic heterocycles. The summed E-state index contributed by atoms with van der Waals surface area (Å²) in [5.74, 6) is -0.192. The minimum absolute atomic E-state index is 0.0204. The first kappa shape index (κ1) is 13.8. The van der Waals surface area contributed by atoms with E-state index in [1.165, 1.54) is 0 Å². The van der Waals surface area contributed by atoms with Crippen molar-refractivity contribution >= 4 is 11.6 Å². The fourth-order valence-corrected chi connectivity index (χ4v) is 2.37. The fourth-order valence-electron chi connectivity index (χ4n) is 2.37. The summed E-state index contributed by atoms with van der Waals surface area (Å²) in [6, 6.07) is 7.69. The average molecular weight is 264 g/mol. The summed E-state index contributed by atoms with van der Waals surface area (Å²) < 4.78 is 5.05. The second-order valence-corrected chi connectivity index (χ2v) is 4.69. The van der Waals surface area contributed by atoms with Crippen LogP contribution in [0.3, 0.4) is 0 Å². The molecule has 1 aromatic carbocycles. The predicted molar refractivity (Wildman–Crippen MR) is 73.2 cm³/mol. The first-order chi connectivity index (χ1) is 9.26. The molecule has 0 saturated heterocycles. The number of amides is 1. The predicted octanol–water partition coefficient (Wildman–Crippen LogP) is 0.709. The number of hydrogen-bond acceptors (Lipinski definition) is 4. The topological polar surface area (TPSA) is 70.6 Å². The van der Waals surface area contributed by atoms with Gasteiger partial charge in [-0.05, 0) is 18.1 Å². The third-order valence-electron chi connectivity index (χ3n) is 3.34. The number of anilines is 1. The van der Waals surface area contributed by atoms with E-state index in [1.54, 1.807) is 7.11 Å². The molecule has 1 amide bonds. The van der Waals surface area contributed by atoms with Crippen molar-refractivity contribution in [2.75, 3.05) is 32.2 Å². The lowest BCUT2D eigenvalue weighted by Crippen LogP contribution is -2.41. The van der Waals surface area contributed by atoms with Crippen LogP contribution in [0.4, 0.5) is 5.69 Å². The van der Waals surface area contributed by atoms with Crippen molar-refractivity contribution in [1.29, 1.82) is 0 Å². The Bertz CT molecular complexity index is 430. The highest BCUT2D eigenvalue weighted by atomic mass is 16.5. The summed E-state index contributed by atoms with van der Waals surface area (Å²) in [6.45, 7) is 1.06. The number of carbonyl (C=O) groups excluding carboxylic acids is 1. The Morgan fingerprint density at radius 2 is 2.37 bits per heavy atom. The Kier molecular flexibility index (Phi) is 4.76. The minimum Gasteiger partial charge on any atom is -0.396 e. The molecule has 2 unspecified atom stereocenters. The maximum absolute atomic E-state index is 12.3. The molecule has 1 heterocycles. The van der Waals surface area contributed by atoms with Crippen LogP contribution < -0.4 is 10.6 Å². The van der Waals surface area contributed by atoms with Crippen LogP contribution in [0, 0.1) is 0 Å². The number of aliphatic hydroxyl groups is 1. The van der Waals surface area contributed by atoms with Gasteiger partial charge >= 0.3 is 0 Å². The SMILES string of the molecule is COCC(CCO)NC(=O)C1CNc2ccccc21. The highest BCUT2D eigenvalue weighted by Gasteiger charge is 2.29. The van der Waals surface area contributed by atoms with Crippen molar-refractivity contribution in [3.8, 4) is 0 Å². The second-order valence-electron chi connectivity index (χ2n) is 4.69. The normalized spacial score (nSPS) is 18.5. The van der Waals surface area contributed by atoms with Crippen molar-refractivity contribution in [2.45, 2.75) is 18.4 Å². The molecule has 1 aliphatic heterocycles. The van der Waals surface area contributed by atoms with Crippen molar-refractivity contribution in [3.63, 3.8) is 0 Å². The molecule has 19 heavy (non-hydrogen) atoms. The summed E-state index contributed by atoms with van der Waals surface area (Å²) >= 11 is 0. The van der Waals surface area contributed by atoms with Gasteiger partial charge in [-0.1, -0.05) is 18.2 Å². The largest absolute Gasteiger partial charge is 0.396 e. The molecule has 5 heteroatoms. The van der Waals surface area contributed by atoms with Gasteiger partial charge in [0, 0.05) is 25.9 Å². The lowest BCUT2D eigenvalue weighted by molar-refractivity contribution is -0.123. The first-order valence-corrected chi connectivity index (χ1v) is 6.49. The molecule has 104 valence electrons. The van der Waals surface area contributed by atoms with Crippen LogP contribution in [0.2, 0.25) is 0 Å². The van der Waals surface area contributed by atoms with Crippen molar-refractivity contribution < 1.29 is 14.6 Å². The lowest BCUT2D eigenvalue weighted by atomic mass is 10.00. The average Bonchev–Trinajstić information content (AvgIpc) is 2.83. The van der Waals surface area contributed by atoms with Gasteiger partial charge in [0.2, 0.25) is 5.91 Å². The van der Waals surface area contributed by atoms with Gasteiger partial charge in [0.15, 0.2) is 0 Å². The Morgan fingerprint density at radius 1 is 1.58 bits per heavy atom. The van der Waals surface area contributed by atoms with E-state index in [0.29, 0.717) is 19.6 Å². The number of aliphatic hydroxyl groups excluding tert-OH is 1. The Labute approximate surface area is 113 Å². The summed E-state index contributed by atoms with van der Waals surface area (Å²) in [6.07, 6.45) is 0.501. The molecule has 2 rings (SSSR count). The van der Waals surface area contributed by atoms with Gasteiger partial charge in [-0.2, -0.15) is 0 Å². The molecule has 0 saturated carbocycles. The van der Waals surface area contributed by atoms with Crippen LogP contribution in [0.5, 0.6) is 0 Å². The van der Waals surface area contributed by atoms with Crippen LogP contribution in [0.15, 0.2) is 24.3 Å². The van der Waals surface area contributed by atoms with E-state index in [9.17, 15) is 4.79 Å². The number of hydrogen-bond donors (Lipinski definition) is 3. The highest BCUT2D eigenvalue weighted by Crippen LogP contribution is 2.31. The van der Waals surface area contributed by atoms with Crippen LogP contribution in [0.1, 0.15) is 17.9 Å².